The highest BCUT2D eigenvalue weighted by Gasteiger charge is 2.08. The van der Waals surface area contributed by atoms with Crippen LogP contribution in [0.1, 0.15) is 0 Å². The van der Waals surface area contributed by atoms with Crippen LogP contribution in [0.5, 0.6) is 0 Å². The molecule has 1 nitrogen and oxygen atoms in total. The molecule has 0 atom stereocenters. The Morgan fingerprint density at radius 1 is 1.14 bits per heavy atom. The molecule has 72 valence electrons. The molecule has 0 fully saturated rings. The van der Waals surface area contributed by atoms with Crippen LogP contribution in [0, 0.1) is 0 Å². The molecule has 2 aromatic carbocycles. The Bertz CT molecular complexity index is 511. The molecule has 0 saturated heterocycles. The van der Waals surface area contributed by atoms with E-state index in [1.807, 2.05) is 24.3 Å². The molecule has 0 aliphatic rings. The summed E-state index contributed by atoms with van der Waals surface area (Å²) in [7, 11) is 0. The Kier molecular flexibility index (Phi) is 2.73. The standard InChI is InChI=1S/C10H6Br2ClN/c11-6-4-7(12)10(14)5-2-1-3-8(13)9(5)6/h1-4H,14H2. The zero-order valence-corrected chi connectivity index (χ0v) is 10.9. The maximum absolute atomic E-state index is 6.09. The number of hydrogen-bond acceptors (Lipinski definition) is 1. The number of nitrogens with two attached hydrogens (primary N) is 1. The van der Waals surface area contributed by atoms with Gasteiger partial charge in [0, 0.05) is 24.7 Å². The predicted molar refractivity (Wildman–Crippen MR) is 68.8 cm³/mol. The van der Waals surface area contributed by atoms with Crippen LogP contribution in [0.25, 0.3) is 10.8 Å². The molecule has 2 aromatic rings. The van der Waals surface area contributed by atoms with Crippen molar-refractivity contribution in [2.24, 2.45) is 0 Å². The van der Waals surface area contributed by atoms with E-state index in [0.29, 0.717) is 10.7 Å². The van der Waals surface area contributed by atoms with Gasteiger partial charge in [0.15, 0.2) is 0 Å². The van der Waals surface area contributed by atoms with Crippen LogP contribution in [-0.2, 0) is 0 Å². The first-order valence-electron chi connectivity index (χ1n) is 3.93. The lowest BCUT2D eigenvalue weighted by molar-refractivity contribution is 1.65. The molecule has 0 spiro atoms. The highest BCUT2D eigenvalue weighted by molar-refractivity contribution is 9.11. The Balaban J connectivity index is 3.02. The molecule has 14 heavy (non-hydrogen) atoms. The van der Waals surface area contributed by atoms with Gasteiger partial charge in [0.05, 0.1) is 5.69 Å². The van der Waals surface area contributed by atoms with Crippen molar-refractivity contribution in [3.8, 4) is 0 Å². The van der Waals surface area contributed by atoms with Gasteiger partial charge in [-0.25, -0.2) is 0 Å². The van der Waals surface area contributed by atoms with E-state index in [9.17, 15) is 0 Å². The normalized spacial score (nSPS) is 10.8. The van der Waals surface area contributed by atoms with Crippen molar-refractivity contribution < 1.29 is 0 Å². The van der Waals surface area contributed by atoms with Crippen molar-refractivity contribution in [2.45, 2.75) is 0 Å². The first-order valence-corrected chi connectivity index (χ1v) is 5.89. The van der Waals surface area contributed by atoms with E-state index in [1.54, 1.807) is 0 Å². The fourth-order valence-electron chi connectivity index (χ4n) is 1.38. The van der Waals surface area contributed by atoms with Gasteiger partial charge < -0.3 is 5.73 Å². The summed E-state index contributed by atoms with van der Waals surface area (Å²) >= 11 is 12.9. The monoisotopic (exact) mass is 333 g/mol. The summed E-state index contributed by atoms with van der Waals surface area (Å²) in [5.74, 6) is 0. The van der Waals surface area contributed by atoms with Crippen molar-refractivity contribution in [3.63, 3.8) is 0 Å². The molecule has 0 aliphatic carbocycles. The second-order valence-corrected chi connectivity index (χ2v) is 5.03. The molecule has 0 bridgehead atoms. The van der Waals surface area contributed by atoms with Gasteiger partial charge in [0.2, 0.25) is 0 Å². The van der Waals surface area contributed by atoms with Crippen LogP contribution in [0.2, 0.25) is 5.02 Å². The summed E-state index contributed by atoms with van der Waals surface area (Å²) in [5.41, 5.74) is 6.64. The number of halogens is 3. The summed E-state index contributed by atoms with van der Waals surface area (Å²) in [6.07, 6.45) is 0. The van der Waals surface area contributed by atoms with Gasteiger partial charge >= 0.3 is 0 Å². The molecule has 0 radical (unpaired) electrons. The van der Waals surface area contributed by atoms with Crippen molar-refractivity contribution in [3.05, 3.63) is 38.2 Å². The van der Waals surface area contributed by atoms with E-state index in [1.165, 1.54) is 0 Å². The molecule has 2 N–H and O–H groups in total. The maximum atomic E-state index is 6.09. The second-order valence-electron chi connectivity index (χ2n) is 2.92. The second kappa shape index (κ2) is 3.72. The number of hydrogen-bond donors (Lipinski definition) is 1. The molecule has 0 amide bonds. The van der Waals surface area contributed by atoms with E-state index in [4.69, 9.17) is 17.3 Å². The number of nitrogen functional groups attached to an aromatic ring is 1. The third kappa shape index (κ3) is 1.53. The Hall–Kier alpha value is -0.250. The molecular formula is C10H6Br2ClN. The van der Waals surface area contributed by atoms with Gasteiger partial charge in [0.1, 0.15) is 0 Å². The molecule has 0 heterocycles. The molecular weight excluding hydrogens is 329 g/mol. The van der Waals surface area contributed by atoms with Crippen LogP contribution in [0.3, 0.4) is 0 Å². The van der Waals surface area contributed by atoms with E-state index in [0.717, 1.165) is 19.7 Å². The van der Waals surface area contributed by atoms with Crippen LogP contribution in [0.4, 0.5) is 5.69 Å². The zero-order chi connectivity index (χ0) is 10.3. The smallest absolute Gasteiger partial charge is 0.0539 e. The minimum Gasteiger partial charge on any atom is -0.397 e. The Morgan fingerprint density at radius 2 is 1.86 bits per heavy atom. The number of rotatable bonds is 0. The zero-order valence-electron chi connectivity index (χ0n) is 7.02. The molecule has 0 saturated carbocycles. The average molecular weight is 335 g/mol. The third-order valence-electron chi connectivity index (χ3n) is 2.05. The Morgan fingerprint density at radius 3 is 2.57 bits per heavy atom. The quantitative estimate of drug-likeness (QED) is 0.700. The van der Waals surface area contributed by atoms with Gasteiger partial charge in [-0.1, -0.05) is 39.7 Å². The van der Waals surface area contributed by atoms with Gasteiger partial charge in [-0.05, 0) is 28.1 Å². The van der Waals surface area contributed by atoms with E-state index < -0.39 is 0 Å². The van der Waals surface area contributed by atoms with E-state index in [2.05, 4.69) is 31.9 Å². The van der Waals surface area contributed by atoms with Gasteiger partial charge in [-0.2, -0.15) is 0 Å². The molecule has 2 rings (SSSR count). The molecule has 0 unspecified atom stereocenters. The first-order chi connectivity index (χ1) is 6.61. The summed E-state index contributed by atoms with van der Waals surface area (Å²) in [6.45, 7) is 0. The number of fused-ring (bicyclic) bond motifs is 1. The molecule has 0 aromatic heterocycles. The fourth-order valence-corrected chi connectivity index (χ4v) is 3.18. The fraction of sp³-hybridized carbons (Fsp3) is 0. The van der Waals surface area contributed by atoms with Gasteiger partial charge in [0.25, 0.3) is 0 Å². The van der Waals surface area contributed by atoms with Crippen molar-refractivity contribution in [1.29, 1.82) is 0 Å². The summed E-state index contributed by atoms with van der Waals surface area (Å²) in [5, 5.41) is 2.61. The summed E-state index contributed by atoms with van der Waals surface area (Å²) in [6, 6.07) is 7.59. The SMILES string of the molecule is Nc1c(Br)cc(Br)c2c(Cl)cccc12. The van der Waals surface area contributed by atoms with Crippen molar-refractivity contribution in [1.82, 2.24) is 0 Å². The van der Waals surface area contributed by atoms with Crippen LogP contribution in [-0.4, -0.2) is 0 Å². The molecule has 4 heteroatoms. The van der Waals surface area contributed by atoms with Crippen molar-refractivity contribution in [2.75, 3.05) is 5.73 Å². The number of anilines is 1. The van der Waals surface area contributed by atoms with Gasteiger partial charge in [-0.15, -0.1) is 0 Å². The highest BCUT2D eigenvalue weighted by atomic mass is 79.9. The topological polar surface area (TPSA) is 26.0 Å². The molecule has 0 aliphatic heterocycles. The summed E-state index contributed by atoms with van der Waals surface area (Å²) in [4.78, 5) is 0. The predicted octanol–water partition coefficient (Wildman–Crippen LogP) is 4.60. The number of benzene rings is 2. The van der Waals surface area contributed by atoms with Crippen LogP contribution in [0.15, 0.2) is 33.2 Å². The van der Waals surface area contributed by atoms with Crippen LogP contribution < -0.4 is 5.73 Å². The summed E-state index contributed by atoms with van der Waals surface area (Å²) < 4.78 is 1.82. The lowest BCUT2D eigenvalue weighted by Gasteiger charge is -2.08. The minimum atomic E-state index is 0.702. The van der Waals surface area contributed by atoms with Gasteiger partial charge in [-0.3, -0.25) is 0 Å². The highest BCUT2D eigenvalue weighted by Crippen LogP contribution is 2.38. The maximum Gasteiger partial charge on any atom is 0.0539 e. The average Bonchev–Trinajstić information content (AvgIpc) is 2.14. The lowest BCUT2D eigenvalue weighted by Crippen LogP contribution is -1.89. The Labute approximate surface area is 103 Å². The van der Waals surface area contributed by atoms with Crippen molar-refractivity contribution >= 4 is 59.9 Å². The van der Waals surface area contributed by atoms with E-state index >= 15 is 0 Å². The van der Waals surface area contributed by atoms with Crippen LogP contribution >= 0.6 is 43.5 Å². The van der Waals surface area contributed by atoms with E-state index in [-0.39, 0.29) is 0 Å². The lowest BCUT2D eigenvalue weighted by atomic mass is 10.1. The minimum absolute atomic E-state index is 0.702. The third-order valence-corrected chi connectivity index (χ3v) is 3.65. The first kappa shape index (κ1) is 10.3. The largest absolute Gasteiger partial charge is 0.397 e.